The molecule has 1 aliphatic rings. The smallest absolute Gasteiger partial charge is 0.269 e. The SMILES string of the molecule is Cc1sc(C(=O)N[C@@H]2[C@H](N)CCCC2(F)F)cc1-c1cnn2cc(Cl)cnc12. The molecule has 1 aliphatic carbocycles. The lowest BCUT2D eigenvalue weighted by molar-refractivity contribution is -0.0674. The van der Waals surface area contributed by atoms with Crippen LogP contribution in [0.4, 0.5) is 8.78 Å². The Morgan fingerprint density at radius 3 is 2.96 bits per heavy atom. The van der Waals surface area contributed by atoms with Crippen molar-refractivity contribution in [3.05, 3.63) is 39.4 Å². The van der Waals surface area contributed by atoms with Crippen LogP contribution in [0.1, 0.15) is 33.8 Å². The number of amides is 1. The van der Waals surface area contributed by atoms with Crippen molar-refractivity contribution in [1.82, 2.24) is 19.9 Å². The summed E-state index contributed by atoms with van der Waals surface area (Å²) in [5.74, 6) is -3.55. The fourth-order valence-electron chi connectivity index (χ4n) is 3.54. The first kappa shape index (κ1) is 19.2. The summed E-state index contributed by atoms with van der Waals surface area (Å²) in [4.78, 5) is 18.1. The molecule has 148 valence electrons. The predicted octanol–water partition coefficient (Wildman–Crippen LogP) is 3.66. The lowest BCUT2D eigenvalue weighted by atomic mass is 9.87. The van der Waals surface area contributed by atoms with Crippen molar-refractivity contribution in [3.8, 4) is 11.1 Å². The van der Waals surface area contributed by atoms with E-state index in [1.54, 1.807) is 23.0 Å². The zero-order valence-corrected chi connectivity index (χ0v) is 16.5. The molecule has 1 amide bonds. The van der Waals surface area contributed by atoms with Crippen molar-refractivity contribution in [2.75, 3.05) is 0 Å². The van der Waals surface area contributed by atoms with E-state index in [0.29, 0.717) is 28.4 Å². The van der Waals surface area contributed by atoms with Gasteiger partial charge in [0.15, 0.2) is 5.65 Å². The number of nitrogens with one attached hydrogen (secondary N) is 1. The van der Waals surface area contributed by atoms with E-state index in [1.807, 2.05) is 6.92 Å². The van der Waals surface area contributed by atoms with Gasteiger partial charge in [-0.3, -0.25) is 4.79 Å². The zero-order chi connectivity index (χ0) is 20.1. The van der Waals surface area contributed by atoms with Crippen LogP contribution in [-0.4, -0.2) is 38.5 Å². The molecule has 3 heterocycles. The Morgan fingerprint density at radius 1 is 1.43 bits per heavy atom. The number of aryl methyl sites for hydroxylation is 1. The topological polar surface area (TPSA) is 85.3 Å². The first-order valence-electron chi connectivity index (χ1n) is 8.80. The minimum atomic E-state index is -3.01. The lowest BCUT2D eigenvalue weighted by Gasteiger charge is -2.36. The second-order valence-corrected chi connectivity index (χ2v) is 8.64. The molecule has 28 heavy (non-hydrogen) atoms. The van der Waals surface area contributed by atoms with Crippen molar-refractivity contribution < 1.29 is 13.6 Å². The normalized spacial score (nSPS) is 21.8. The van der Waals surface area contributed by atoms with Crippen LogP contribution in [0.5, 0.6) is 0 Å². The molecule has 0 radical (unpaired) electrons. The minimum Gasteiger partial charge on any atom is -0.341 e. The number of aromatic nitrogens is 3. The number of alkyl halides is 2. The molecule has 0 bridgehead atoms. The zero-order valence-electron chi connectivity index (χ0n) is 15.0. The van der Waals surface area contributed by atoms with Crippen molar-refractivity contribution in [2.45, 2.75) is 44.2 Å². The molecule has 6 nitrogen and oxygen atoms in total. The van der Waals surface area contributed by atoms with E-state index < -0.39 is 23.9 Å². The Kier molecular flexibility index (Phi) is 4.84. The fourth-order valence-corrected chi connectivity index (χ4v) is 4.62. The van der Waals surface area contributed by atoms with Gasteiger partial charge in [-0.05, 0) is 25.8 Å². The Balaban J connectivity index is 1.63. The molecule has 1 saturated carbocycles. The molecule has 2 atom stereocenters. The van der Waals surface area contributed by atoms with Crippen LogP contribution in [0.25, 0.3) is 16.8 Å². The van der Waals surface area contributed by atoms with Crippen LogP contribution in [0.3, 0.4) is 0 Å². The van der Waals surface area contributed by atoms with E-state index in [4.69, 9.17) is 17.3 Å². The number of rotatable bonds is 3. The largest absolute Gasteiger partial charge is 0.341 e. The van der Waals surface area contributed by atoms with Gasteiger partial charge in [0.1, 0.15) is 6.04 Å². The summed E-state index contributed by atoms with van der Waals surface area (Å²) in [5, 5.41) is 7.13. The van der Waals surface area contributed by atoms with Gasteiger partial charge in [-0.2, -0.15) is 5.10 Å². The van der Waals surface area contributed by atoms with Gasteiger partial charge in [0.2, 0.25) is 0 Å². The number of fused-ring (bicyclic) bond motifs is 1. The van der Waals surface area contributed by atoms with Gasteiger partial charge >= 0.3 is 0 Å². The molecular formula is C18H18ClF2N5OS. The van der Waals surface area contributed by atoms with Gasteiger partial charge in [0.25, 0.3) is 11.8 Å². The number of carbonyl (C=O) groups is 1. The molecule has 0 spiro atoms. The first-order valence-corrected chi connectivity index (χ1v) is 9.99. The number of thiophene rings is 1. The maximum Gasteiger partial charge on any atom is 0.269 e. The summed E-state index contributed by atoms with van der Waals surface area (Å²) < 4.78 is 29.9. The van der Waals surface area contributed by atoms with E-state index in [-0.39, 0.29) is 6.42 Å². The van der Waals surface area contributed by atoms with Crippen LogP contribution < -0.4 is 11.1 Å². The maximum atomic E-state index is 14.2. The summed E-state index contributed by atoms with van der Waals surface area (Å²) in [7, 11) is 0. The summed E-state index contributed by atoms with van der Waals surface area (Å²) >= 11 is 7.17. The molecule has 3 aromatic rings. The van der Waals surface area contributed by atoms with Crippen LogP contribution >= 0.6 is 22.9 Å². The second-order valence-electron chi connectivity index (χ2n) is 6.95. The molecule has 0 aromatic carbocycles. The third kappa shape index (κ3) is 3.38. The summed E-state index contributed by atoms with van der Waals surface area (Å²) in [6.45, 7) is 1.86. The summed E-state index contributed by atoms with van der Waals surface area (Å²) in [6.07, 6.45) is 5.34. The van der Waals surface area contributed by atoms with E-state index in [1.165, 1.54) is 17.5 Å². The molecular weight excluding hydrogens is 408 g/mol. The van der Waals surface area contributed by atoms with Crippen LogP contribution in [0.2, 0.25) is 5.02 Å². The standard InChI is InChI=1S/C18H18ClF2N5OS/c1-9-11(12-7-24-26-8-10(19)6-23-16(12)26)5-14(28-9)17(27)25-15-13(22)3-2-4-18(15,20)21/h5-8,13,15H,2-4,22H2,1H3,(H,25,27)/t13-,15-/m1/s1. The second kappa shape index (κ2) is 7.06. The Hall–Kier alpha value is -2.10. The Morgan fingerprint density at radius 2 is 2.21 bits per heavy atom. The van der Waals surface area contributed by atoms with Crippen LogP contribution in [0.15, 0.2) is 24.7 Å². The molecule has 3 N–H and O–H groups in total. The highest BCUT2D eigenvalue weighted by molar-refractivity contribution is 7.14. The number of hydrogen-bond acceptors (Lipinski definition) is 5. The van der Waals surface area contributed by atoms with Gasteiger partial charge in [-0.1, -0.05) is 11.6 Å². The molecule has 0 saturated heterocycles. The Labute approximate surface area is 168 Å². The van der Waals surface area contributed by atoms with Gasteiger partial charge in [-0.15, -0.1) is 11.3 Å². The number of nitrogens with two attached hydrogens (primary N) is 1. The van der Waals surface area contributed by atoms with Gasteiger partial charge in [0, 0.05) is 34.7 Å². The molecule has 10 heteroatoms. The molecule has 3 aromatic heterocycles. The number of nitrogens with zero attached hydrogens (tertiary/aromatic N) is 3. The highest BCUT2D eigenvalue weighted by Gasteiger charge is 2.46. The molecule has 1 fully saturated rings. The number of hydrogen-bond donors (Lipinski definition) is 2. The summed E-state index contributed by atoms with van der Waals surface area (Å²) in [5.41, 5.74) is 7.96. The van der Waals surface area contributed by atoms with Crippen molar-refractivity contribution in [2.24, 2.45) is 5.73 Å². The predicted molar refractivity (Wildman–Crippen MR) is 104 cm³/mol. The van der Waals surface area contributed by atoms with E-state index in [0.717, 1.165) is 16.0 Å². The molecule has 0 aliphatic heterocycles. The van der Waals surface area contributed by atoms with Gasteiger partial charge in [-0.25, -0.2) is 18.3 Å². The van der Waals surface area contributed by atoms with Crippen LogP contribution in [-0.2, 0) is 0 Å². The summed E-state index contributed by atoms with van der Waals surface area (Å²) in [6, 6.07) is -0.447. The van der Waals surface area contributed by atoms with Crippen molar-refractivity contribution in [3.63, 3.8) is 0 Å². The van der Waals surface area contributed by atoms with E-state index >= 15 is 0 Å². The first-order chi connectivity index (χ1) is 13.3. The van der Waals surface area contributed by atoms with E-state index in [9.17, 15) is 13.6 Å². The third-order valence-corrected chi connectivity index (χ3v) is 6.22. The fraction of sp³-hybridized carbons (Fsp3) is 0.389. The van der Waals surface area contributed by atoms with Crippen LogP contribution in [0, 0.1) is 6.92 Å². The van der Waals surface area contributed by atoms with Gasteiger partial charge < -0.3 is 11.1 Å². The molecule has 4 rings (SSSR count). The quantitative estimate of drug-likeness (QED) is 0.670. The minimum absolute atomic E-state index is 0.267. The highest BCUT2D eigenvalue weighted by Crippen LogP contribution is 2.35. The van der Waals surface area contributed by atoms with Crippen molar-refractivity contribution in [1.29, 1.82) is 0 Å². The average molecular weight is 426 g/mol. The lowest BCUT2D eigenvalue weighted by Crippen LogP contribution is -2.59. The maximum absolute atomic E-state index is 14.2. The number of halogens is 3. The average Bonchev–Trinajstić information content (AvgIpc) is 3.20. The monoisotopic (exact) mass is 425 g/mol. The molecule has 0 unspecified atom stereocenters. The van der Waals surface area contributed by atoms with Crippen molar-refractivity contribution >= 4 is 34.5 Å². The highest BCUT2D eigenvalue weighted by atomic mass is 35.5. The van der Waals surface area contributed by atoms with E-state index in [2.05, 4.69) is 15.4 Å². The third-order valence-electron chi connectivity index (χ3n) is 4.97. The number of carbonyl (C=O) groups excluding carboxylic acids is 1. The Bertz CT molecular complexity index is 1050. The van der Waals surface area contributed by atoms with Gasteiger partial charge in [0.05, 0.1) is 22.3 Å².